The third-order valence-corrected chi connectivity index (χ3v) is 5.22. The second kappa shape index (κ2) is 6.59. The summed E-state index contributed by atoms with van der Waals surface area (Å²) in [4.78, 5) is 0. The maximum absolute atomic E-state index is 2.42. The van der Waals surface area contributed by atoms with E-state index in [2.05, 4.69) is 58.0 Å². The molecule has 1 aromatic carbocycles. The fourth-order valence-corrected chi connectivity index (χ4v) is 3.96. The lowest BCUT2D eigenvalue weighted by Crippen LogP contribution is -2.31. The molecule has 0 aromatic heterocycles. The van der Waals surface area contributed by atoms with Crippen LogP contribution in [-0.4, -0.2) is 0 Å². The quantitative estimate of drug-likeness (QED) is 0.662. The Morgan fingerprint density at radius 1 is 0.947 bits per heavy atom. The lowest BCUT2D eigenvalue weighted by molar-refractivity contribution is 0.113. The van der Waals surface area contributed by atoms with Crippen LogP contribution in [-0.2, 0) is 6.42 Å². The van der Waals surface area contributed by atoms with Gasteiger partial charge in [0.2, 0.25) is 0 Å². The van der Waals surface area contributed by atoms with Gasteiger partial charge in [-0.25, -0.2) is 0 Å². The normalized spacial score (nSPS) is 28.0. The van der Waals surface area contributed by atoms with Gasteiger partial charge >= 0.3 is 0 Å². The molecule has 1 aliphatic carbocycles. The molecule has 0 heteroatoms. The molecule has 1 aromatic rings. The van der Waals surface area contributed by atoms with Crippen molar-refractivity contribution in [3.63, 3.8) is 0 Å². The van der Waals surface area contributed by atoms with Gasteiger partial charge in [0.25, 0.3) is 0 Å². The molecule has 2 rings (SSSR count). The van der Waals surface area contributed by atoms with Gasteiger partial charge in [-0.1, -0.05) is 58.0 Å². The lowest BCUT2D eigenvalue weighted by atomic mass is 9.65. The minimum atomic E-state index is 0.835. The molecular weight excluding hydrogens is 228 g/mol. The Morgan fingerprint density at radius 2 is 1.63 bits per heavy atom. The van der Waals surface area contributed by atoms with Gasteiger partial charge in [-0.05, 0) is 60.8 Å². The molecule has 1 aliphatic rings. The first-order valence-electron chi connectivity index (χ1n) is 8.11. The second-order valence-corrected chi connectivity index (χ2v) is 7.17. The largest absolute Gasteiger partial charge is 0.0625 e. The minimum Gasteiger partial charge on any atom is -0.0625 e. The lowest BCUT2D eigenvalue weighted by Gasteiger charge is -2.40. The van der Waals surface area contributed by atoms with Crippen LogP contribution in [0.25, 0.3) is 0 Å². The third-order valence-electron chi connectivity index (χ3n) is 5.22. The molecule has 1 unspecified atom stereocenters. The molecule has 0 N–H and O–H groups in total. The van der Waals surface area contributed by atoms with Gasteiger partial charge in [-0.15, -0.1) is 0 Å². The Hall–Kier alpha value is -0.780. The van der Waals surface area contributed by atoms with Crippen LogP contribution < -0.4 is 0 Å². The number of hydrogen-bond acceptors (Lipinski definition) is 0. The Bertz CT molecular complexity index is 363. The van der Waals surface area contributed by atoms with Gasteiger partial charge in [0.1, 0.15) is 0 Å². The van der Waals surface area contributed by atoms with Crippen molar-refractivity contribution in [3.05, 3.63) is 35.9 Å². The van der Waals surface area contributed by atoms with Crippen LogP contribution in [0.3, 0.4) is 0 Å². The van der Waals surface area contributed by atoms with Crippen molar-refractivity contribution in [2.24, 2.45) is 29.6 Å². The first-order chi connectivity index (χ1) is 9.08. The van der Waals surface area contributed by atoms with Crippen LogP contribution in [0.1, 0.15) is 52.5 Å². The SMILES string of the molecule is CC(C)C1CC[C@@H](C(C)C)[C@H](Cc2ccccc2)C1. The first kappa shape index (κ1) is 14.6. The van der Waals surface area contributed by atoms with E-state index in [1.807, 2.05) is 0 Å². The van der Waals surface area contributed by atoms with Gasteiger partial charge in [-0.3, -0.25) is 0 Å². The molecule has 0 radical (unpaired) electrons. The predicted molar refractivity (Wildman–Crippen MR) is 84.1 cm³/mol. The zero-order valence-electron chi connectivity index (χ0n) is 13.1. The van der Waals surface area contributed by atoms with Gasteiger partial charge in [0.15, 0.2) is 0 Å². The molecule has 0 amide bonds. The van der Waals surface area contributed by atoms with Crippen LogP contribution in [0.2, 0.25) is 0 Å². The number of rotatable bonds is 4. The summed E-state index contributed by atoms with van der Waals surface area (Å²) in [5, 5.41) is 0. The molecule has 0 aliphatic heterocycles. The van der Waals surface area contributed by atoms with E-state index >= 15 is 0 Å². The van der Waals surface area contributed by atoms with Crippen molar-refractivity contribution in [2.75, 3.05) is 0 Å². The van der Waals surface area contributed by atoms with Crippen molar-refractivity contribution in [3.8, 4) is 0 Å². The molecule has 19 heavy (non-hydrogen) atoms. The molecule has 106 valence electrons. The van der Waals surface area contributed by atoms with Gasteiger partial charge in [-0.2, -0.15) is 0 Å². The van der Waals surface area contributed by atoms with Crippen molar-refractivity contribution in [2.45, 2.75) is 53.4 Å². The topological polar surface area (TPSA) is 0 Å². The molecule has 0 nitrogen and oxygen atoms in total. The predicted octanol–water partition coefficient (Wildman–Crippen LogP) is 5.57. The number of benzene rings is 1. The first-order valence-corrected chi connectivity index (χ1v) is 8.11. The Labute approximate surface area is 119 Å². The van der Waals surface area contributed by atoms with Crippen molar-refractivity contribution < 1.29 is 0 Å². The molecule has 0 heterocycles. The van der Waals surface area contributed by atoms with Crippen LogP contribution in [0.15, 0.2) is 30.3 Å². The molecule has 0 spiro atoms. The summed E-state index contributed by atoms with van der Waals surface area (Å²) in [6.07, 6.45) is 5.62. The smallest absolute Gasteiger partial charge is 0.0248 e. The Morgan fingerprint density at radius 3 is 2.21 bits per heavy atom. The van der Waals surface area contributed by atoms with E-state index in [-0.39, 0.29) is 0 Å². The maximum atomic E-state index is 2.42. The van der Waals surface area contributed by atoms with Crippen molar-refractivity contribution >= 4 is 0 Å². The van der Waals surface area contributed by atoms with Gasteiger partial charge < -0.3 is 0 Å². The molecule has 1 fully saturated rings. The molecule has 0 saturated heterocycles. The summed E-state index contributed by atoms with van der Waals surface area (Å²) in [5.74, 6) is 4.45. The van der Waals surface area contributed by atoms with Crippen LogP contribution in [0.5, 0.6) is 0 Å². The second-order valence-electron chi connectivity index (χ2n) is 7.17. The summed E-state index contributed by atoms with van der Waals surface area (Å²) >= 11 is 0. The van der Waals surface area contributed by atoms with Crippen LogP contribution in [0.4, 0.5) is 0 Å². The van der Waals surface area contributed by atoms with E-state index in [0.29, 0.717) is 0 Å². The monoisotopic (exact) mass is 258 g/mol. The highest BCUT2D eigenvalue weighted by Gasteiger charge is 2.33. The highest BCUT2D eigenvalue weighted by atomic mass is 14.4. The highest BCUT2D eigenvalue weighted by Crippen LogP contribution is 2.42. The maximum Gasteiger partial charge on any atom is -0.0248 e. The molecule has 3 atom stereocenters. The fraction of sp³-hybridized carbons (Fsp3) is 0.684. The fourth-order valence-electron chi connectivity index (χ4n) is 3.96. The Kier molecular flexibility index (Phi) is 5.07. The summed E-state index contributed by atoms with van der Waals surface area (Å²) in [5.41, 5.74) is 1.53. The number of hydrogen-bond donors (Lipinski definition) is 0. The zero-order valence-corrected chi connectivity index (χ0v) is 13.1. The Balaban J connectivity index is 2.07. The average molecular weight is 258 g/mol. The molecular formula is C19H30. The van der Waals surface area contributed by atoms with E-state index in [1.54, 1.807) is 0 Å². The third kappa shape index (κ3) is 3.84. The average Bonchev–Trinajstić information content (AvgIpc) is 2.39. The summed E-state index contributed by atoms with van der Waals surface area (Å²) in [6, 6.07) is 11.1. The molecule has 1 saturated carbocycles. The van der Waals surface area contributed by atoms with E-state index in [9.17, 15) is 0 Å². The standard InChI is InChI=1S/C19H30/c1-14(2)17-10-11-19(15(3)4)18(13-17)12-16-8-6-5-7-9-16/h5-9,14-15,17-19H,10-13H2,1-4H3/t17?,18-,19+/m1/s1. The summed E-state index contributed by atoms with van der Waals surface area (Å²) in [7, 11) is 0. The van der Waals surface area contributed by atoms with Gasteiger partial charge in [0, 0.05) is 0 Å². The van der Waals surface area contributed by atoms with Crippen molar-refractivity contribution in [1.29, 1.82) is 0 Å². The summed E-state index contributed by atoms with van der Waals surface area (Å²) < 4.78 is 0. The van der Waals surface area contributed by atoms with Gasteiger partial charge in [0.05, 0.1) is 0 Å². The van der Waals surface area contributed by atoms with Crippen LogP contribution >= 0.6 is 0 Å². The zero-order chi connectivity index (χ0) is 13.8. The van der Waals surface area contributed by atoms with E-state index in [0.717, 1.165) is 29.6 Å². The van der Waals surface area contributed by atoms with E-state index < -0.39 is 0 Å². The van der Waals surface area contributed by atoms with E-state index in [4.69, 9.17) is 0 Å². The minimum absolute atomic E-state index is 0.835. The molecule has 0 bridgehead atoms. The van der Waals surface area contributed by atoms with Crippen LogP contribution in [0, 0.1) is 29.6 Å². The highest BCUT2D eigenvalue weighted by molar-refractivity contribution is 5.15. The van der Waals surface area contributed by atoms with E-state index in [1.165, 1.54) is 31.2 Å². The van der Waals surface area contributed by atoms with Crippen molar-refractivity contribution in [1.82, 2.24) is 0 Å². The summed E-state index contributed by atoms with van der Waals surface area (Å²) in [6.45, 7) is 9.64.